The van der Waals surface area contributed by atoms with Crippen LogP contribution in [0.4, 0.5) is 0 Å². The monoisotopic (exact) mass is 1070 g/mol. The van der Waals surface area contributed by atoms with Crippen molar-refractivity contribution in [2.75, 3.05) is 13.2 Å². The van der Waals surface area contributed by atoms with Crippen molar-refractivity contribution < 1.29 is 9.47 Å². The summed E-state index contributed by atoms with van der Waals surface area (Å²) in [6.45, 7) is 2.77. The van der Waals surface area contributed by atoms with E-state index in [-0.39, 0.29) is 0 Å². The van der Waals surface area contributed by atoms with Gasteiger partial charge in [0.25, 0.3) is 0 Å². The molecule has 82 heavy (non-hydrogen) atoms. The van der Waals surface area contributed by atoms with Crippen LogP contribution < -0.4 is 0 Å². The third-order valence-electron chi connectivity index (χ3n) is 17.2. The van der Waals surface area contributed by atoms with Crippen LogP contribution in [0.2, 0.25) is 0 Å². The Morgan fingerprint density at radius 3 is 1.10 bits per heavy atom. The molecule has 0 N–H and O–H groups in total. The molecule has 0 saturated carbocycles. The van der Waals surface area contributed by atoms with Gasteiger partial charge >= 0.3 is 0 Å². The first kappa shape index (κ1) is 52.4. The van der Waals surface area contributed by atoms with Crippen molar-refractivity contribution in [2.45, 2.75) is 62.8 Å². The van der Waals surface area contributed by atoms with Crippen LogP contribution in [0, 0.1) is 11.8 Å². The maximum absolute atomic E-state index is 6.35. The fourth-order valence-corrected chi connectivity index (χ4v) is 13.2. The number of fused-ring (bicyclic) bond motifs is 4. The van der Waals surface area contributed by atoms with E-state index in [1.165, 1.54) is 88.8 Å². The number of aromatic nitrogens is 4. The Morgan fingerprint density at radius 2 is 0.683 bits per heavy atom. The van der Waals surface area contributed by atoms with Crippen molar-refractivity contribution in [3.05, 3.63) is 347 Å². The molecular weight excluding hydrogens is 1000 g/mol. The number of benzene rings is 10. The van der Waals surface area contributed by atoms with E-state index < -0.39 is 11.1 Å². The molecule has 6 nitrogen and oxygen atoms in total. The minimum atomic E-state index is -0.530. The lowest BCUT2D eigenvalue weighted by Crippen LogP contribution is -2.39. The first-order valence-corrected chi connectivity index (χ1v) is 29.2. The zero-order valence-electron chi connectivity index (χ0n) is 46.4. The van der Waals surface area contributed by atoms with Gasteiger partial charge in [0.15, 0.2) is 0 Å². The first-order chi connectivity index (χ1) is 40.6. The van der Waals surface area contributed by atoms with E-state index >= 15 is 0 Å². The number of hydrogen-bond acceptors (Lipinski definition) is 4. The minimum absolute atomic E-state index is 0.443. The van der Waals surface area contributed by atoms with Crippen LogP contribution in [0.5, 0.6) is 0 Å². The second-order valence-electron chi connectivity index (χ2n) is 22.2. The van der Waals surface area contributed by atoms with E-state index in [9.17, 15) is 0 Å². The molecule has 2 heterocycles. The van der Waals surface area contributed by atoms with Gasteiger partial charge in [0.1, 0.15) is 11.1 Å². The zero-order valence-corrected chi connectivity index (χ0v) is 46.4. The summed E-state index contributed by atoms with van der Waals surface area (Å²) in [6, 6.07) is 95.5. The summed E-state index contributed by atoms with van der Waals surface area (Å²) in [5.41, 5.74) is 13.8. The van der Waals surface area contributed by atoms with Crippen LogP contribution in [-0.2, 0) is 59.4 Å². The van der Waals surface area contributed by atoms with Crippen LogP contribution in [-0.4, -0.2) is 32.3 Å². The molecule has 2 atom stereocenters. The van der Waals surface area contributed by atoms with Crippen LogP contribution in [0.15, 0.2) is 280 Å². The quantitative estimate of drug-likeness (QED) is 0.0905. The topological polar surface area (TPSA) is 54.1 Å². The van der Waals surface area contributed by atoms with Gasteiger partial charge in [-0.3, -0.25) is 0 Å². The van der Waals surface area contributed by atoms with Crippen molar-refractivity contribution in [3.8, 4) is 0 Å². The summed E-state index contributed by atoms with van der Waals surface area (Å²) in [5, 5.41) is 5.06. The SMILES string of the molecule is c1ccc(C(c2ccccc2)(c2ccccc2)n2cnc3c2CC(COCc2ccc4ccccc4c2)CC3)cc1.c1ccc(C(c2ccccc2)(c2ccccc2)n2cnc3c2CCC(COCc2ccc4ccccc4c2)C3)cc1. The van der Waals surface area contributed by atoms with Gasteiger partial charge in [-0.25, -0.2) is 9.97 Å². The number of aryl methyl sites for hydroxylation is 1. The zero-order chi connectivity index (χ0) is 55.0. The van der Waals surface area contributed by atoms with Gasteiger partial charge in [-0.1, -0.05) is 255 Å². The third kappa shape index (κ3) is 10.4. The summed E-state index contributed by atoms with van der Waals surface area (Å²) in [4.78, 5) is 10.1. The second kappa shape index (κ2) is 24.0. The molecule has 14 rings (SSSR count). The van der Waals surface area contributed by atoms with Crippen molar-refractivity contribution >= 4 is 21.5 Å². The van der Waals surface area contributed by atoms with Crippen LogP contribution in [0.1, 0.15) is 80.1 Å². The molecule has 0 spiro atoms. The highest BCUT2D eigenvalue weighted by atomic mass is 16.5. The van der Waals surface area contributed by atoms with E-state index in [4.69, 9.17) is 19.4 Å². The van der Waals surface area contributed by atoms with Gasteiger partial charge in [0.2, 0.25) is 0 Å². The van der Waals surface area contributed by atoms with E-state index in [0.717, 1.165) is 51.7 Å². The maximum atomic E-state index is 6.35. The Hall–Kier alpha value is -8.94. The molecule has 0 amide bonds. The molecular formula is C76H68N4O2. The molecule has 2 unspecified atom stereocenters. The van der Waals surface area contributed by atoms with Crippen molar-refractivity contribution in [3.63, 3.8) is 0 Å². The Balaban J connectivity index is 0.000000154. The third-order valence-corrected chi connectivity index (χ3v) is 17.2. The number of rotatable bonds is 16. The van der Waals surface area contributed by atoms with Gasteiger partial charge in [0, 0.05) is 11.4 Å². The highest BCUT2D eigenvalue weighted by molar-refractivity contribution is 5.83. The van der Waals surface area contributed by atoms with Crippen LogP contribution in [0.3, 0.4) is 0 Å². The lowest BCUT2D eigenvalue weighted by atomic mass is 9.76. The summed E-state index contributed by atoms with van der Waals surface area (Å²) in [5.74, 6) is 0.907. The predicted molar refractivity (Wildman–Crippen MR) is 332 cm³/mol. The largest absolute Gasteiger partial charge is 0.376 e. The number of nitrogens with zero attached hydrogens (tertiary/aromatic N) is 4. The van der Waals surface area contributed by atoms with Gasteiger partial charge in [-0.05, 0) is 129 Å². The van der Waals surface area contributed by atoms with E-state index in [2.05, 4.69) is 289 Å². The smallest absolute Gasteiger partial charge is 0.121 e. The molecule has 2 aromatic heterocycles. The lowest BCUT2D eigenvalue weighted by molar-refractivity contribution is 0.0813. The average molecular weight is 1070 g/mol. The molecule has 0 bridgehead atoms. The van der Waals surface area contributed by atoms with Crippen molar-refractivity contribution in [1.82, 2.24) is 19.1 Å². The highest BCUT2D eigenvalue weighted by Crippen LogP contribution is 2.45. The lowest BCUT2D eigenvalue weighted by Gasteiger charge is -2.39. The summed E-state index contributed by atoms with van der Waals surface area (Å²) >= 11 is 0. The van der Waals surface area contributed by atoms with Crippen LogP contribution in [0.25, 0.3) is 21.5 Å². The summed E-state index contributed by atoms with van der Waals surface area (Å²) in [6.07, 6.45) is 10.2. The molecule has 12 aromatic rings. The van der Waals surface area contributed by atoms with Gasteiger partial charge in [-0.2, -0.15) is 0 Å². The molecule has 0 aliphatic heterocycles. The van der Waals surface area contributed by atoms with E-state index in [0.29, 0.717) is 25.0 Å². The Labute approximate surface area is 482 Å². The number of hydrogen-bond donors (Lipinski definition) is 0. The van der Waals surface area contributed by atoms with Crippen molar-refractivity contribution in [2.24, 2.45) is 11.8 Å². The van der Waals surface area contributed by atoms with Gasteiger partial charge < -0.3 is 18.6 Å². The molecule has 2 aliphatic rings. The second-order valence-corrected chi connectivity index (χ2v) is 22.2. The standard InChI is InChI=1S/2C38H34N2O/c1-4-14-33(15-5-1)38(34-16-6-2-7-17-34,35-18-8-3-9-19-35)40-28-39-36-25-30(21-23-37(36)40)27-41-26-29-20-22-31-12-10-11-13-32(31)24-29;1-4-14-33(15-5-1)38(34-16-6-2-7-17-34,35-18-8-3-9-19-35)40-28-39-36-23-21-30(25-37(36)40)27-41-26-29-20-22-31-12-10-11-13-32(31)24-29/h2*1-20,22,24,28,30H,21,23,25-27H2. The average Bonchev–Trinajstić information content (AvgIpc) is 2.59. The fraction of sp³-hybridized carbons (Fsp3) is 0.184. The Kier molecular flexibility index (Phi) is 15.4. The molecule has 0 fully saturated rings. The summed E-state index contributed by atoms with van der Waals surface area (Å²) in [7, 11) is 0. The Bertz CT molecular complexity index is 3820. The summed E-state index contributed by atoms with van der Waals surface area (Å²) < 4.78 is 17.5. The van der Waals surface area contributed by atoms with E-state index in [1.807, 2.05) is 0 Å². The van der Waals surface area contributed by atoms with Gasteiger partial charge in [-0.15, -0.1) is 0 Å². The minimum Gasteiger partial charge on any atom is -0.376 e. The molecule has 10 aromatic carbocycles. The first-order valence-electron chi connectivity index (χ1n) is 29.2. The molecule has 6 heteroatoms. The number of ether oxygens (including phenoxy) is 2. The molecule has 404 valence electrons. The Morgan fingerprint density at radius 1 is 0.341 bits per heavy atom. The molecule has 0 radical (unpaired) electrons. The van der Waals surface area contributed by atoms with Crippen LogP contribution >= 0.6 is 0 Å². The fourth-order valence-electron chi connectivity index (χ4n) is 13.2. The predicted octanol–water partition coefficient (Wildman–Crippen LogP) is 16.4. The normalized spacial score (nSPS) is 15.1. The maximum Gasteiger partial charge on any atom is 0.121 e. The molecule has 0 saturated heterocycles. The van der Waals surface area contributed by atoms with Gasteiger partial charge in [0.05, 0.1) is 50.5 Å². The molecule has 2 aliphatic carbocycles. The number of imidazole rings is 2. The highest BCUT2D eigenvalue weighted by Gasteiger charge is 2.43. The van der Waals surface area contributed by atoms with Crippen molar-refractivity contribution in [1.29, 1.82) is 0 Å². The van der Waals surface area contributed by atoms with E-state index in [1.54, 1.807) is 0 Å².